The number of esters is 3. The summed E-state index contributed by atoms with van der Waals surface area (Å²) in [5, 5.41) is 0. The lowest BCUT2D eigenvalue weighted by Crippen LogP contribution is -2.30. The second-order valence-corrected chi connectivity index (χ2v) is 17.4. The highest BCUT2D eigenvalue weighted by Gasteiger charge is 2.19. The fraction of sp³-hybridized carbons (Fsp3) is 0.678. The van der Waals surface area contributed by atoms with Gasteiger partial charge in [0.05, 0.1) is 0 Å². The van der Waals surface area contributed by atoms with Crippen LogP contribution in [0.5, 0.6) is 0 Å². The predicted molar refractivity (Wildman–Crippen MR) is 279 cm³/mol. The van der Waals surface area contributed by atoms with E-state index in [1.54, 1.807) is 0 Å². The third kappa shape index (κ3) is 51.2. The van der Waals surface area contributed by atoms with Gasteiger partial charge in [0, 0.05) is 19.3 Å². The summed E-state index contributed by atoms with van der Waals surface area (Å²) in [6, 6.07) is 0. The molecule has 0 fully saturated rings. The van der Waals surface area contributed by atoms with Crippen molar-refractivity contribution >= 4 is 17.9 Å². The number of hydrogen-bond acceptors (Lipinski definition) is 6. The van der Waals surface area contributed by atoms with Crippen molar-refractivity contribution in [1.82, 2.24) is 0 Å². The molecule has 6 nitrogen and oxygen atoms in total. The Labute approximate surface area is 400 Å². The molecule has 0 amide bonds. The Kier molecular flexibility index (Phi) is 50.0. The fourth-order valence-electron chi connectivity index (χ4n) is 7.09. The van der Waals surface area contributed by atoms with Gasteiger partial charge in [-0.3, -0.25) is 14.4 Å². The molecule has 6 heteroatoms. The summed E-state index contributed by atoms with van der Waals surface area (Å²) in [5.41, 5.74) is 0. The van der Waals surface area contributed by atoms with Gasteiger partial charge in [-0.05, 0) is 116 Å². The average Bonchev–Trinajstić information content (AvgIpc) is 3.30. The van der Waals surface area contributed by atoms with Gasteiger partial charge in [-0.15, -0.1) is 0 Å². The van der Waals surface area contributed by atoms with E-state index in [0.29, 0.717) is 19.3 Å². The summed E-state index contributed by atoms with van der Waals surface area (Å²) in [7, 11) is 0. The van der Waals surface area contributed by atoms with Gasteiger partial charge in [-0.2, -0.15) is 0 Å². The van der Waals surface area contributed by atoms with Gasteiger partial charge in [0.15, 0.2) is 6.10 Å². The molecule has 1 atom stereocenters. The van der Waals surface area contributed by atoms with Crippen molar-refractivity contribution < 1.29 is 28.6 Å². The maximum Gasteiger partial charge on any atom is 0.306 e. The van der Waals surface area contributed by atoms with Gasteiger partial charge < -0.3 is 14.2 Å². The molecular weight excluding hydrogens is 805 g/mol. The van der Waals surface area contributed by atoms with Crippen LogP contribution in [0.3, 0.4) is 0 Å². The number of unbranched alkanes of at least 4 members (excludes halogenated alkanes) is 20. The molecule has 0 radical (unpaired) electrons. The Balaban J connectivity index is 4.48. The van der Waals surface area contributed by atoms with Crippen molar-refractivity contribution in [3.8, 4) is 0 Å². The molecular formula is C59H98O6. The van der Waals surface area contributed by atoms with Crippen LogP contribution in [0.2, 0.25) is 0 Å². The molecule has 0 aliphatic heterocycles. The summed E-state index contributed by atoms with van der Waals surface area (Å²) in [6.07, 6.45) is 69.6. The maximum absolute atomic E-state index is 12.8. The van der Waals surface area contributed by atoms with Crippen molar-refractivity contribution in [2.45, 2.75) is 245 Å². The first-order valence-electron chi connectivity index (χ1n) is 26.7. The lowest BCUT2D eigenvalue weighted by Gasteiger charge is -2.18. The number of ether oxygens (including phenoxy) is 3. The third-order valence-electron chi connectivity index (χ3n) is 11.1. The van der Waals surface area contributed by atoms with Crippen molar-refractivity contribution in [2.24, 2.45) is 0 Å². The quantitative estimate of drug-likeness (QED) is 0.0262. The van der Waals surface area contributed by atoms with Gasteiger partial charge in [0.2, 0.25) is 0 Å². The van der Waals surface area contributed by atoms with Gasteiger partial charge in [0.1, 0.15) is 13.2 Å². The number of rotatable bonds is 47. The Hall–Kier alpha value is -3.67. The van der Waals surface area contributed by atoms with E-state index in [0.717, 1.165) is 135 Å². The van der Waals surface area contributed by atoms with E-state index in [4.69, 9.17) is 14.2 Å². The van der Waals surface area contributed by atoms with Crippen molar-refractivity contribution in [3.05, 3.63) is 97.2 Å². The predicted octanol–water partition coefficient (Wildman–Crippen LogP) is 17.8. The SMILES string of the molecule is CC/C=C\C/C=C\C/C=C\C/C=C\CCCCCCC(=O)O[C@H](COC(=O)CCCCCCC/C=C\C/C=C\C/C=C\CC)COC(=O)CCCCCCCCC/C=C\CCCCCC. The van der Waals surface area contributed by atoms with Gasteiger partial charge in [-0.1, -0.05) is 201 Å². The molecule has 65 heavy (non-hydrogen) atoms. The van der Waals surface area contributed by atoms with Crippen LogP contribution >= 0.6 is 0 Å². The van der Waals surface area contributed by atoms with Crippen LogP contribution in [0.15, 0.2) is 97.2 Å². The molecule has 0 aromatic carbocycles. The molecule has 0 aliphatic carbocycles. The molecule has 0 aromatic heterocycles. The summed E-state index contributed by atoms with van der Waals surface area (Å²) in [4.78, 5) is 38.1. The smallest absolute Gasteiger partial charge is 0.306 e. The van der Waals surface area contributed by atoms with E-state index in [-0.39, 0.29) is 31.1 Å². The molecule has 0 N–H and O–H groups in total. The molecule has 0 rings (SSSR count). The zero-order valence-electron chi connectivity index (χ0n) is 42.2. The fourth-order valence-corrected chi connectivity index (χ4v) is 7.09. The first kappa shape index (κ1) is 61.3. The number of allylic oxidation sites excluding steroid dienone is 16. The van der Waals surface area contributed by atoms with Crippen molar-refractivity contribution in [3.63, 3.8) is 0 Å². The monoisotopic (exact) mass is 903 g/mol. The molecule has 0 unspecified atom stereocenters. The molecule has 370 valence electrons. The lowest BCUT2D eigenvalue weighted by atomic mass is 10.1. The van der Waals surface area contributed by atoms with Crippen LogP contribution < -0.4 is 0 Å². The first-order valence-corrected chi connectivity index (χ1v) is 26.7. The van der Waals surface area contributed by atoms with E-state index in [9.17, 15) is 14.4 Å². The number of carbonyl (C=O) groups is 3. The molecule has 0 spiro atoms. The van der Waals surface area contributed by atoms with Crippen LogP contribution in [-0.2, 0) is 28.6 Å². The van der Waals surface area contributed by atoms with Crippen LogP contribution in [0.25, 0.3) is 0 Å². The molecule has 0 heterocycles. The standard InChI is InChI=1S/C59H98O6/c1-4-7-10-13-16-19-22-25-28-29-32-35-38-41-44-47-50-53-59(62)65-56(54-63-57(60)51-48-45-42-39-36-33-30-26-23-20-17-14-11-8-5-2)55-64-58(61)52-49-46-43-40-37-34-31-27-24-21-18-15-12-9-6-3/h7-8,10-11,16-17,19-21,24-26,28,30,32,35,56H,4-6,9,12-15,18,22-23,27,29,31,33-34,36-55H2,1-3H3/b10-7-,11-8-,19-16-,20-17-,24-21-,28-25-,30-26-,35-32-/t56-/m1/s1. The van der Waals surface area contributed by atoms with E-state index in [1.165, 1.54) is 64.2 Å². The minimum absolute atomic E-state index is 0.0963. The minimum Gasteiger partial charge on any atom is -0.462 e. The van der Waals surface area contributed by atoms with Crippen molar-refractivity contribution in [1.29, 1.82) is 0 Å². The van der Waals surface area contributed by atoms with Crippen LogP contribution in [0, 0.1) is 0 Å². The van der Waals surface area contributed by atoms with Crippen LogP contribution in [0.4, 0.5) is 0 Å². The molecule has 0 saturated carbocycles. The van der Waals surface area contributed by atoms with Gasteiger partial charge in [-0.25, -0.2) is 0 Å². The van der Waals surface area contributed by atoms with Crippen LogP contribution in [0.1, 0.15) is 239 Å². The second-order valence-electron chi connectivity index (χ2n) is 17.4. The van der Waals surface area contributed by atoms with Gasteiger partial charge in [0.25, 0.3) is 0 Å². The second kappa shape index (κ2) is 52.9. The Morgan fingerprint density at radius 3 is 0.954 bits per heavy atom. The highest BCUT2D eigenvalue weighted by molar-refractivity contribution is 5.71. The Bertz CT molecular complexity index is 1310. The number of carbonyl (C=O) groups excluding carboxylic acids is 3. The first-order chi connectivity index (χ1) is 32.0. The van der Waals surface area contributed by atoms with Crippen LogP contribution in [-0.4, -0.2) is 37.2 Å². The van der Waals surface area contributed by atoms with E-state index in [1.807, 2.05) is 0 Å². The zero-order chi connectivity index (χ0) is 47.2. The number of hydrogen-bond donors (Lipinski definition) is 0. The molecule has 0 aromatic rings. The zero-order valence-corrected chi connectivity index (χ0v) is 42.2. The average molecular weight is 903 g/mol. The van der Waals surface area contributed by atoms with Gasteiger partial charge >= 0.3 is 17.9 Å². The Morgan fingerprint density at radius 1 is 0.323 bits per heavy atom. The normalized spacial score (nSPS) is 12.8. The highest BCUT2D eigenvalue weighted by atomic mass is 16.6. The minimum atomic E-state index is -0.800. The Morgan fingerprint density at radius 2 is 0.600 bits per heavy atom. The summed E-state index contributed by atoms with van der Waals surface area (Å²) < 4.78 is 16.8. The largest absolute Gasteiger partial charge is 0.462 e. The molecule has 0 aliphatic rings. The third-order valence-corrected chi connectivity index (χ3v) is 11.1. The highest BCUT2D eigenvalue weighted by Crippen LogP contribution is 2.14. The van der Waals surface area contributed by atoms with E-state index >= 15 is 0 Å². The van der Waals surface area contributed by atoms with E-state index in [2.05, 4.69) is 118 Å². The summed E-state index contributed by atoms with van der Waals surface area (Å²) in [6.45, 7) is 6.36. The topological polar surface area (TPSA) is 78.9 Å². The lowest BCUT2D eigenvalue weighted by molar-refractivity contribution is -0.167. The molecule has 0 bridgehead atoms. The summed E-state index contributed by atoms with van der Waals surface area (Å²) in [5.74, 6) is -0.943. The summed E-state index contributed by atoms with van der Waals surface area (Å²) >= 11 is 0. The van der Waals surface area contributed by atoms with Crippen molar-refractivity contribution in [2.75, 3.05) is 13.2 Å². The maximum atomic E-state index is 12.8. The van der Waals surface area contributed by atoms with E-state index < -0.39 is 6.10 Å². The molecule has 0 saturated heterocycles.